The van der Waals surface area contributed by atoms with Gasteiger partial charge in [0.15, 0.2) is 5.78 Å². The van der Waals surface area contributed by atoms with Crippen molar-refractivity contribution >= 4 is 18.4 Å². The average molecular weight is 290 g/mol. The molecule has 1 heterocycles. The quantitative estimate of drug-likeness (QED) is 0.524. The summed E-state index contributed by atoms with van der Waals surface area (Å²) in [5.41, 5.74) is 0.405. The second-order valence-corrected chi connectivity index (χ2v) is 4.59. The Kier molecular flexibility index (Phi) is 4.15. The van der Waals surface area contributed by atoms with Crippen LogP contribution in [-0.4, -0.2) is 24.1 Å². The first-order chi connectivity index (χ1) is 9.28. The van der Waals surface area contributed by atoms with E-state index in [9.17, 15) is 27.4 Å². The van der Waals surface area contributed by atoms with Gasteiger partial charge in [0.25, 0.3) is 0 Å². The van der Waals surface area contributed by atoms with Crippen LogP contribution in [0.5, 0.6) is 0 Å². The number of Topliss-reactive ketones (excluding diaryl/α,β-unsaturated/α-hetero) is 1. The minimum atomic E-state index is -4.33. The van der Waals surface area contributed by atoms with Gasteiger partial charge in [-0.15, -0.1) is 0 Å². The Bertz CT molecular complexity index is 530. The van der Waals surface area contributed by atoms with Gasteiger partial charge in [-0.05, 0) is 29.6 Å². The maximum atomic E-state index is 13.7. The third-order valence-electron chi connectivity index (χ3n) is 3.06. The van der Waals surface area contributed by atoms with Crippen molar-refractivity contribution in [3.63, 3.8) is 0 Å². The SMILES string of the molecule is O=C(CCCC(F)(F)F)c1cc2c(cc1F)COB2O. The number of alkyl halides is 3. The van der Waals surface area contributed by atoms with Crippen LogP contribution in [0.25, 0.3) is 0 Å². The van der Waals surface area contributed by atoms with Crippen molar-refractivity contribution < 1.29 is 32.0 Å². The van der Waals surface area contributed by atoms with E-state index >= 15 is 0 Å². The fraction of sp³-hybridized carbons (Fsp3) is 0.417. The molecule has 0 bridgehead atoms. The van der Waals surface area contributed by atoms with Gasteiger partial charge in [0.1, 0.15) is 5.82 Å². The van der Waals surface area contributed by atoms with Gasteiger partial charge in [-0.1, -0.05) is 0 Å². The molecular weight excluding hydrogens is 279 g/mol. The van der Waals surface area contributed by atoms with Crippen LogP contribution in [0.4, 0.5) is 17.6 Å². The van der Waals surface area contributed by atoms with Gasteiger partial charge in [0.05, 0.1) is 12.2 Å². The number of fused-ring (bicyclic) bond motifs is 1. The van der Waals surface area contributed by atoms with Crippen molar-refractivity contribution in [2.75, 3.05) is 0 Å². The molecule has 8 heteroatoms. The molecule has 0 saturated carbocycles. The first kappa shape index (κ1) is 15.0. The van der Waals surface area contributed by atoms with Crippen molar-refractivity contribution in [3.8, 4) is 0 Å². The van der Waals surface area contributed by atoms with Crippen molar-refractivity contribution in [1.82, 2.24) is 0 Å². The number of hydrogen-bond acceptors (Lipinski definition) is 3. The van der Waals surface area contributed by atoms with Gasteiger partial charge in [-0.2, -0.15) is 13.2 Å². The number of rotatable bonds is 4. The minimum Gasteiger partial charge on any atom is -0.423 e. The topological polar surface area (TPSA) is 46.5 Å². The summed E-state index contributed by atoms with van der Waals surface area (Å²) in [6, 6.07) is 2.22. The standard InChI is InChI=1S/C12H11BF4O3/c14-10-4-7-6-20-13(19)9(7)5-8(10)11(18)2-1-3-12(15,16)17/h4-5,19H,1-3,6H2. The van der Waals surface area contributed by atoms with Crippen molar-refractivity contribution in [1.29, 1.82) is 0 Å². The molecule has 1 aromatic carbocycles. The van der Waals surface area contributed by atoms with Gasteiger partial charge < -0.3 is 9.68 Å². The van der Waals surface area contributed by atoms with Gasteiger partial charge in [-0.3, -0.25) is 4.79 Å². The Labute approximate surface area is 112 Å². The molecule has 0 aromatic heterocycles. The normalized spacial score (nSPS) is 14.6. The summed E-state index contributed by atoms with van der Waals surface area (Å²) < 4.78 is 54.5. The average Bonchev–Trinajstić information content (AvgIpc) is 2.67. The van der Waals surface area contributed by atoms with E-state index in [4.69, 9.17) is 4.65 Å². The molecule has 0 spiro atoms. The van der Waals surface area contributed by atoms with Crippen molar-refractivity contribution in [2.24, 2.45) is 0 Å². The molecule has 2 rings (SSSR count). The van der Waals surface area contributed by atoms with Crippen molar-refractivity contribution in [2.45, 2.75) is 32.0 Å². The third kappa shape index (κ3) is 3.37. The number of benzene rings is 1. The van der Waals surface area contributed by atoms with E-state index in [1.165, 1.54) is 0 Å². The van der Waals surface area contributed by atoms with Gasteiger partial charge in [0.2, 0.25) is 0 Å². The van der Waals surface area contributed by atoms with Crippen LogP contribution in [0.1, 0.15) is 35.2 Å². The Morgan fingerprint density at radius 2 is 2.10 bits per heavy atom. The summed E-state index contributed by atoms with van der Waals surface area (Å²) in [7, 11) is -1.23. The number of halogens is 4. The first-order valence-corrected chi connectivity index (χ1v) is 6.00. The zero-order valence-electron chi connectivity index (χ0n) is 10.3. The highest BCUT2D eigenvalue weighted by atomic mass is 19.4. The van der Waals surface area contributed by atoms with Crippen LogP contribution in [0.3, 0.4) is 0 Å². The number of hydrogen-bond donors (Lipinski definition) is 1. The molecule has 0 amide bonds. The van der Waals surface area contributed by atoms with Crippen LogP contribution in [0.15, 0.2) is 12.1 Å². The third-order valence-corrected chi connectivity index (χ3v) is 3.06. The molecule has 0 atom stereocenters. The highest BCUT2D eigenvalue weighted by molar-refractivity contribution is 6.61. The summed E-state index contributed by atoms with van der Waals surface area (Å²) in [6.45, 7) is 0.0377. The maximum Gasteiger partial charge on any atom is 0.491 e. The maximum absolute atomic E-state index is 13.7. The van der Waals surface area contributed by atoms with Gasteiger partial charge in [-0.25, -0.2) is 4.39 Å². The summed E-state index contributed by atoms with van der Waals surface area (Å²) in [5.74, 6) is -1.52. The predicted octanol–water partition coefficient (Wildman–Crippen LogP) is 1.96. The van der Waals surface area contributed by atoms with E-state index in [-0.39, 0.29) is 17.6 Å². The lowest BCUT2D eigenvalue weighted by atomic mass is 9.78. The molecule has 0 aliphatic carbocycles. The van der Waals surface area contributed by atoms with Gasteiger partial charge >= 0.3 is 13.3 Å². The lowest BCUT2D eigenvalue weighted by Crippen LogP contribution is -2.29. The Balaban J connectivity index is 2.09. The summed E-state index contributed by atoms with van der Waals surface area (Å²) >= 11 is 0. The molecule has 1 aromatic rings. The molecule has 1 N–H and O–H groups in total. The van der Waals surface area contributed by atoms with Crippen LogP contribution in [-0.2, 0) is 11.3 Å². The number of carbonyl (C=O) groups excluding carboxylic acids is 1. The highest BCUT2D eigenvalue weighted by Gasteiger charge is 2.30. The molecule has 108 valence electrons. The van der Waals surface area contributed by atoms with Crippen LogP contribution >= 0.6 is 0 Å². The first-order valence-electron chi connectivity index (χ1n) is 6.00. The van der Waals surface area contributed by atoms with E-state index in [0.717, 1.165) is 12.1 Å². The fourth-order valence-corrected chi connectivity index (χ4v) is 2.04. The Hall–Kier alpha value is -1.41. The van der Waals surface area contributed by atoms with Gasteiger partial charge in [0, 0.05) is 12.8 Å². The molecule has 0 saturated heterocycles. The lowest BCUT2D eigenvalue weighted by molar-refractivity contribution is -0.135. The Morgan fingerprint density at radius 3 is 2.75 bits per heavy atom. The summed E-state index contributed by atoms with van der Waals surface area (Å²) in [5, 5.41) is 9.46. The molecule has 1 aliphatic rings. The van der Waals surface area contributed by atoms with E-state index in [2.05, 4.69) is 0 Å². The van der Waals surface area contributed by atoms with Crippen molar-refractivity contribution in [3.05, 3.63) is 29.1 Å². The molecule has 20 heavy (non-hydrogen) atoms. The minimum absolute atomic E-state index is 0.0377. The Morgan fingerprint density at radius 1 is 1.40 bits per heavy atom. The smallest absolute Gasteiger partial charge is 0.423 e. The zero-order valence-corrected chi connectivity index (χ0v) is 10.3. The van der Waals surface area contributed by atoms with Crippen LogP contribution in [0, 0.1) is 5.82 Å². The number of ketones is 1. The largest absolute Gasteiger partial charge is 0.491 e. The van der Waals surface area contributed by atoms with Crippen LogP contribution in [0.2, 0.25) is 0 Å². The molecule has 3 nitrogen and oxygen atoms in total. The molecule has 1 aliphatic heterocycles. The molecule has 0 fully saturated rings. The fourth-order valence-electron chi connectivity index (χ4n) is 2.04. The number of carbonyl (C=O) groups is 1. The zero-order chi connectivity index (χ0) is 14.9. The van der Waals surface area contributed by atoms with E-state index in [0.29, 0.717) is 5.56 Å². The van der Waals surface area contributed by atoms with E-state index in [1.807, 2.05) is 0 Å². The molecule has 0 unspecified atom stereocenters. The monoisotopic (exact) mass is 290 g/mol. The predicted molar refractivity (Wildman–Crippen MR) is 63.0 cm³/mol. The molecular formula is C12H11BF4O3. The second kappa shape index (κ2) is 5.53. The molecule has 0 radical (unpaired) electrons. The lowest BCUT2D eigenvalue weighted by Gasteiger charge is -2.07. The summed E-state index contributed by atoms with van der Waals surface area (Å²) in [4.78, 5) is 11.7. The van der Waals surface area contributed by atoms with E-state index < -0.39 is 44.2 Å². The second-order valence-electron chi connectivity index (χ2n) is 4.59. The van der Waals surface area contributed by atoms with Crippen LogP contribution < -0.4 is 5.46 Å². The summed E-state index contributed by atoms with van der Waals surface area (Å²) in [6.07, 6.45) is -6.21. The highest BCUT2D eigenvalue weighted by Crippen LogP contribution is 2.23. The van der Waals surface area contributed by atoms with E-state index in [1.54, 1.807) is 0 Å².